The van der Waals surface area contributed by atoms with Crippen molar-refractivity contribution in [3.8, 4) is 11.5 Å². The molecule has 0 aliphatic carbocycles. The molecule has 5 nitrogen and oxygen atoms in total. The molecule has 2 aromatic rings. The van der Waals surface area contributed by atoms with E-state index in [2.05, 4.69) is 22.4 Å². The van der Waals surface area contributed by atoms with Gasteiger partial charge in [-0.2, -0.15) is 0 Å². The molecule has 3 rings (SSSR count). The number of guanidine groups is 1. The maximum Gasteiger partial charge on any atom is 0.189 e. The minimum Gasteiger partial charge on any atom is -0.497 e. The van der Waals surface area contributed by atoms with Crippen LogP contribution in [0.15, 0.2) is 53.5 Å². The minimum atomic E-state index is 0.0363. The van der Waals surface area contributed by atoms with Gasteiger partial charge in [0.25, 0.3) is 0 Å². The molecule has 0 bridgehead atoms. The van der Waals surface area contributed by atoms with Gasteiger partial charge in [-0.3, -0.25) is 0 Å². The van der Waals surface area contributed by atoms with E-state index in [-0.39, 0.29) is 12.1 Å². The van der Waals surface area contributed by atoms with Crippen LogP contribution in [-0.2, 0) is 0 Å². The van der Waals surface area contributed by atoms with Gasteiger partial charge in [0.05, 0.1) is 26.3 Å². The molecule has 2 unspecified atom stereocenters. The van der Waals surface area contributed by atoms with Crippen molar-refractivity contribution in [1.82, 2.24) is 5.32 Å². The number of rotatable bonds is 4. The Kier molecular flexibility index (Phi) is 4.37. The first-order chi connectivity index (χ1) is 11.2. The van der Waals surface area contributed by atoms with Crippen LogP contribution in [0.4, 0.5) is 0 Å². The van der Waals surface area contributed by atoms with Crippen LogP contribution >= 0.6 is 0 Å². The fraction of sp³-hybridized carbons (Fsp3) is 0.278. The summed E-state index contributed by atoms with van der Waals surface area (Å²) in [5.74, 6) is 2.00. The van der Waals surface area contributed by atoms with Crippen molar-refractivity contribution >= 4 is 5.96 Å². The van der Waals surface area contributed by atoms with Crippen LogP contribution in [0.2, 0.25) is 0 Å². The Morgan fingerprint density at radius 1 is 1.09 bits per heavy atom. The first-order valence-corrected chi connectivity index (χ1v) is 7.58. The quantitative estimate of drug-likeness (QED) is 0.911. The van der Waals surface area contributed by atoms with Crippen LogP contribution in [-0.4, -0.2) is 20.2 Å². The SMILES string of the molecule is COc1ccc(C2CC(c3ccccc3)N=C(N)N2)c(OC)c1. The summed E-state index contributed by atoms with van der Waals surface area (Å²) in [6.07, 6.45) is 0.813. The highest BCUT2D eigenvalue weighted by Gasteiger charge is 2.26. The van der Waals surface area contributed by atoms with Gasteiger partial charge in [0.2, 0.25) is 0 Å². The molecule has 23 heavy (non-hydrogen) atoms. The third-order valence-corrected chi connectivity index (χ3v) is 4.08. The highest BCUT2D eigenvalue weighted by atomic mass is 16.5. The molecule has 0 radical (unpaired) electrons. The second-order valence-corrected chi connectivity index (χ2v) is 5.48. The number of ether oxygens (including phenoxy) is 2. The van der Waals surface area contributed by atoms with Gasteiger partial charge in [-0.05, 0) is 24.1 Å². The average Bonchev–Trinajstić information content (AvgIpc) is 2.61. The molecule has 0 fully saturated rings. The topological polar surface area (TPSA) is 68.9 Å². The first kappa shape index (κ1) is 15.2. The maximum absolute atomic E-state index is 6.01. The monoisotopic (exact) mass is 311 g/mol. The molecule has 0 aromatic heterocycles. The number of nitrogens with two attached hydrogens (primary N) is 1. The second kappa shape index (κ2) is 6.60. The Morgan fingerprint density at radius 3 is 2.57 bits per heavy atom. The van der Waals surface area contributed by atoms with E-state index >= 15 is 0 Å². The summed E-state index contributed by atoms with van der Waals surface area (Å²) < 4.78 is 10.8. The molecule has 0 amide bonds. The predicted octanol–water partition coefficient (Wildman–Crippen LogP) is 2.79. The van der Waals surface area contributed by atoms with E-state index in [1.165, 1.54) is 0 Å². The van der Waals surface area contributed by atoms with E-state index in [4.69, 9.17) is 15.2 Å². The maximum atomic E-state index is 6.01. The Hall–Kier alpha value is -2.69. The van der Waals surface area contributed by atoms with Crippen LogP contribution in [0, 0.1) is 0 Å². The lowest BCUT2D eigenvalue weighted by Gasteiger charge is -2.29. The molecule has 1 heterocycles. The van der Waals surface area contributed by atoms with E-state index in [0.29, 0.717) is 5.96 Å². The number of methoxy groups -OCH3 is 2. The van der Waals surface area contributed by atoms with E-state index in [0.717, 1.165) is 29.0 Å². The van der Waals surface area contributed by atoms with E-state index in [1.807, 2.05) is 36.4 Å². The lowest BCUT2D eigenvalue weighted by Crippen LogP contribution is -2.39. The third kappa shape index (κ3) is 3.23. The zero-order chi connectivity index (χ0) is 16.2. The molecule has 0 saturated carbocycles. The van der Waals surface area contributed by atoms with Gasteiger partial charge in [-0.15, -0.1) is 0 Å². The molecule has 3 N–H and O–H groups in total. The van der Waals surface area contributed by atoms with E-state index in [1.54, 1.807) is 14.2 Å². The summed E-state index contributed by atoms with van der Waals surface area (Å²) in [6, 6.07) is 16.1. The molecular weight excluding hydrogens is 290 g/mol. The number of nitrogens with zero attached hydrogens (tertiary/aromatic N) is 1. The van der Waals surface area contributed by atoms with Crippen LogP contribution in [0.1, 0.15) is 29.6 Å². The summed E-state index contributed by atoms with van der Waals surface area (Å²) in [7, 11) is 3.30. The fourth-order valence-electron chi connectivity index (χ4n) is 2.92. The standard InChI is InChI=1S/C18H21N3O2/c1-22-13-8-9-14(17(10-13)23-2)16-11-15(20-18(19)21-16)12-6-4-3-5-7-12/h3-10,15-16H,11H2,1-2H3,(H3,19,20,21). The van der Waals surface area contributed by atoms with Crippen molar-refractivity contribution in [3.63, 3.8) is 0 Å². The predicted molar refractivity (Wildman–Crippen MR) is 90.8 cm³/mol. The Labute approximate surface area is 136 Å². The largest absolute Gasteiger partial charge is 0.497 e. The van der Waals surface area contributed by atoms with E-state index in [9.17, 15) is 0 Å². The van der Waals surface area contributed by atoms with Crippen LogP contribution in [0.5, 0.6) is 11.5 Å². The van der Waals surface area contributed by atoms with Gasteiger partial charge in [0.1, 0.15) is 11.5 Å². The number of aliphatic imine (C=N–C) groups is 1. The van der Waals surface area contributed by atoms with Gasteiger partial charge in [0.15, 0.2) is 5.96 Å². The lowest BCUT2D eigenvalue weighted by molar-refractivity contribution is 0.381. The second-order valence-electron chi connectivity index (χ2n) is 5.48. The molecule has 1 aliphatic rings. The van der Waals surface area contributed by atoms with Crippen molar-refractivity contribution in [3.05, 3.63) is 59.7 Å². The molecule has 2 atom stereocenters. The number of benzene rings is 2. The van der Waals surface area contributed by atoms with Crippen molar-refractivity contribution < 1.29 is 9.47 Å². The number of nitrogens with one attached hydrogen (secondary N) is 1. The summed E-state index contributed by atoms with van der Waals surface area (Å²) in [5.41, 5.74) is 8.22. The van der Waals surface area contributed by atoms with Gasteiger partial charge in [-0.25, -0.2) is 4.99 Å². The highest BCUT2D eigenvalue weighted by Crippen LogP contribution is 2.37. The van der Waals surface area contributed by atoms with Gasteiger partial charge in [-0.1, -0.05) is 30.3 Å². The molecular formula is C18H21N3O2. The first-order valence-electron chi connectivity index (χ1n) is 7.58. The van der Waals surface area contributed by atoms with Crippen molar-refractivity contribution in [2.45, 2.75) is 18.5 Å². The average molecular weight is 311 g/mol. The summed E-state index contributed by atoms with van der Waals surface area (Å²) in [4.78, 5) is 4.54. The Bertz CT molecular complexity index is 701. The number of hydrogen-bond acceptors (Lipinski definition) is 5. The molecule has 1 aliphatic heterocycles. The van der Waals surface area contributed by atoms with Crippen molar-refractivity contribution in [2.24, 2.45) is 10.7 Å². The van der Waals surface area contributed by atoms with Gasteiger partial charge in [0, 0.05) is 11.6 Å². The smallest absolute Gasteiger partial charge is 0.189 e. The van der Waals surface area contributed by atoms with Crippen LogP contribution in [0.3, 0.4) is 0 Å². The highest BCUT2D eigenvalue weighted by molar-refractivity contribution is 5.79. The molecule has 0 saturated heterocycles. The van der Waals surface area contributed by atoms with Crippen LogP contribution in [0.25, 0.3) is 0 Å². The minimum absolute atomic E-state index is 0.0363. The van der Waals surface area contributed by atoms with Crippen molar-refractivity contribution in [1.29, 1.82) is 0 Å². The Morgan fingerprint density at radius 2 is 1.87 bits per heavy atom. The lowest BCUT2D eigenvalue weighted by atomic mass is 9.93. The zero-order valence-corrected chi connectivity index (χ0v) is 13.3. The summed E-state index contributed by atoms with van der Waals surface area (Å²) in [5, 5.41) is 3.25. The molecule has 5 heteroatoms. The number of hydrogen-bond donors (Lipinski definition) is 2. The van der Waals surface area contributed by atoms with Gasteiger partial charge < -0.3 is 20.5 Å². The zero-order valence-electron chi connectivity index (χ0n) is 13.3. The van der Waals surface area contributed by atoms with Crippen molar-refractivity contribution in [2.75, 3.05) is 14.2 Å². The van der Waals surface area contributed by atoms with E-state index < -0.39 is 0 Å². The molecule has 2 aromatic carbocycles. The normalized spacial score (nSPS) is 20.3. The molecule has 0 spiro atoms. The summed E-state index contributed by atoms with van der Waals surface area (Å²) >= 11 is 0. The van der Waals surface area contributed by atoms with Gasteiger partial charge >= 0.3 is 0 Å². The van der Waals surface area contributed by atoms with Crippen LogP contribution < -0.4 is 20.5 Å². The Balaban J connectivity index is 1.91. The third-order valence-electron chi connectivity index (χ3n) is 4.08. The fourth-order valence-corrected chi connectivity index (χ4v) is 2.92. The summed E-state index contributed by atoms with van der Waals surface area (Å²) in [6.45, 7) is 0. The molecule has 120 valence electrons.